The van der Waals surface area contributed by atoms with Gasteiger partial charge in [0.15, 0.2) is 5.82 Å². The third kappa shape index (κ3) is 3.00. The maximum Gasteiger partial charge on any atom is 0.257 e. The minimum absolute atomic E-state index is 0.109. The Bertz CT molecular complexity index is 900. The van der Waals surface area contributed by atoms with Crippen LogP contribution in [0.5, 0.6) is 0 Å². The van der Waals surface area contributed by atoms with Crippen LogP contribution in [0.15, 0.2) is 29.0 Å². The molecule has 0 saturated carbocycles. The summed E-state index contributed by atoms with van der Waals surface area (Å²) in [7, 11) is 0. The minimum atomic E-state index is -0.109. The van der Waals surface area contributed by atoms with Crippen molar-refractivity contribution in [1.29, 1.82) is 0 Å². The van der Waals surface area contributed by atoms with Gasteiger partial charge in [-0.25, -0.2) is 4.98 Å². The molecule has 2 aliphatic heterocycles. The Morgan fingerprint density at radius 3 is 3.04 bits per heavy atom. The number of benzene rings is 1. The second-order valence-corrected chi connectivity index (χ2v) is 7.14. The first-order valence-electron chi connectivity index (χ1n) is 9.05. The second-order valence-electron chi connectivity index (χ2n) is 7.14. The van der Waals surface area contributed by atoms with Crippen LogP contribution in [-0.4, -0.2) is 68.7 Å². The number of ether oxygens (including phenoxy) is 1. The summed E-state index contributed by atoms with van der Waals surface area (Å²) in [6, 6.07) is 7.01. The zero-order valence-electron chi connectivity index (χ0n) is 14.8. The summed E-state index contributed by atoms with van der Waals surface area (Å²) >= 11 is 0. The first kappa shape index (κ1) is 15.9. The van der Waals surface area contributed by atoms with Crippen molar-refractivity contribution in [1.82, 2.24) is 29.9 Å². The third-order valence-corrected chi connectivity index (χ3v) is 5.26. The topological polar surface area (TPSA) is 83.3 Å². The van der Waals surface area contributed by atoms with Crippen LogP contribution in [0.1, 0.15) is 23.4 Å². The van der Waals surface area contributed by atoms with Gasteiger partial charge in [0, 0.05) is 38.8 Å². The largest absolute Gasteiger partial charge is 0.366 e. The van der Waals surface area contributed by atoms with E-state index in [1.807, 2.05) is 6.92 Å². The van der Waals surface area contributed by atoms with Crippen LogP contribution >= 0.6 is 0 Å². The molecule has 3 aromatic rings. The average Bonchev–Trinajstić information content (AvgIpc) is 3.26. The third-order valence-electron chi connectivity index (χ3n) is 5.26. The van der Waals surface area contributed by atoms with Crippen LogP contribution in [0.25, 0.3) is 11.0 Å². The number of nitrogens with zero attached hydrogens (tertiary/aromatic N) is 5. The monoisotopic (exact) mass is 354 g/mol. The van der Waals surface area contributed by atoms with Crippen LogP contribution < -0.4 is 0 Å². The zero-order chi connectivity index (χ0) is 17.5. The number of nitrogens with one attached hydrogen (secondary N) is 1. The summed E-state index contributed by atoms with van der Waals surface area (Å²) in [5, 5.41) is 3.87. The van der Waals surface area contributed by atoms with Gasteiger partial charge >= 0.3 is 0 Å². The van der Waals surface area contributed by atoms with Gasteiger partial charge in [0.05, 0.1) is 24.0 Å². The van der Waals surface area contributed by atoms with Crippen molar-refractivity contribution in [2.75, 3.05) is 32.8 Å². The van der Waals surface area contributed by atoms with Crippen molar-refractivity contribution in [3.8, 4) is 0 Å². The van der Waals surface area contributed by atoms with E-state index in [-0.39, 0.29) is 6.10 Å². The zero-order valence-corrected chi connectivity index (χ0v) is 14.8. The number of hydrogen-bond acceptors (Lipinski definition) is 7. The van der Waals surface area contributed by atoms with Gasteiger partial charge in [-0.15, -0.1) is 0 Å². The maximum absolute atomic E-state index is 5.82. The molecule has 1 aromatic carbocycles. The van der Waals surface area contributed by atoms with Crippen molar-refractivity contribution in [3.05, 3.63) is 41.8 Å². The molecule has 136 valence electrons. The van der Waals surface area contributed by atoms with Crippen LogP contribution in [0.3, 0.4) is 0 Å². The van der Waals surface area contributed by atoms with Gasteiger partial charge in [-0.05, 0) is 24.6 Å². The van der Waals surface area contributed by atoms with Crippen LogP contribution in [-0.2, 0) is 11.3 Å². The lowest BCUT2D eigenvalue weighted by Crippen LogP contribution is -2.61. The number of imidazole rings is 1. The van der Waals surface area contributed by atoms with Gasteiger partial charge in [0.25, 0.3) is 5.89 Å². The molecule has 4 heterocycles. The molecule has 2 aromatic heterocycles. The highest BCUT2D eigenvalue weighted by molar-refractivity contribution is 5.74. The van der Waals surface area contributed by atoms with Crippen molar-refractivity contribution in [3.63, 3.8) is 0 Å². The first-order valence-corrected chi connectivity index (χ1v) is 9.05. The molecular weight excluding hydrogens is 332 g/mol. The molecular formula is C18H22N6O2. The van der Waals surface area contributed by atoms with Crippen LogP contribution in [0, 0.1) is 6.92 Å². The maximum atomic E-state index is 5.82. The Kier molecular flexibility index (Phi) is 3.96. The summed E-state index contributed by atoms with van der Waals surface area (Å²) in [5.74, 6) is 1.25. The fourth-order valence-electron chi connectivity index (χ4n) is 3.84. The van der Waals surface area contributed by atoms with E-state index >= 15 is 0 Å². The molecule has 26 heavy (non-hydrogen) atoms. The number of H-pyrrole nitrogens is 1. The Labute approximate surface area is 151 Å². The summed E-state index contributed by atoms with van der Waals surface area (Å²) in [5.41, 5.74) is 3.44. The SMILES string of the molecule is Cc1noc(C2CN(C3CN(Cc4ccc5nc[nH]c5c4)C3)CCO2)n1. The quantitative estimate of drug-likeness (QED) is 0.760. The molecule has 1 atom stereocenters. The molecule has 2 fully saturated rings. The minimum Gasteiger partial charge on any atom is -0.366 e. The van der Waals surface area contributed by atoms with E-state index in [9.17, 15) is 0 Å². The number of rotatable bonds is 4. The van der Waals surface area contributed by atoms with Crippen molar-refractivity contribution in [2.24, 2.45) is 0 Å². The molecule has 0 aliphatic carbocycles. The lowest BCUT2D eigenvalue weighted by Gasteiger charge is -2.47. The molecule has 5 rings (SSSR count). The second kappa shape index (κ2) is 6.46. The van der Waals surface area contributed by atoms with E-state index in [1.54, 1.807) is 6.33 Å². The number of aromatic nitrogens is 4. The van der Waals surface area contributed by atoms with Crippen LogP contribution in [0.2, 0.25) is 0 Å². The normalized spacial score (nSPS) is 22.7. The highest BCUT2D eigenvalue weighted by Gasteiger charge is 2.36. The molecule has 1 unspecified atom stereocenters. The lowest BCUT2D eigenvalue weighted by molar-refractivity contribution is -0.0843. The summed E-state index contributed by atoms with van der Waals surface area (Å²) in [6.45, 7) is 7.45. The van der Waals surface area contributed by atoms with E-state index in [0.717, 1.165) is 43.8 Å². The lowest BCUT2D eigenvalue weighted by atomic mass is 10.0. The predicted molar refractivity (Wildman–Crippen MR) is 94.5 cm³/mol. The standard InChI is InChI=1S/C18H22N6O2/c1-12-21-18(26-22-12)17-10-24(4-5-25-17)14-8-23(9-14)7-13-2-3-15-16(6-13)20-11-19-15/h2-3,6,11,14,17H,4-5,7-10H2,1H3,(H,19,20). The van der Waals surface area contributed by atoms with E-state index in [2.05, 4.69) is 48.1 Å². The summed E-state index contributed by atoms with van der Waals surface area (Å²) in [6.07, 6.45) is 1.63. The number of fused-ring (bicyclic) bond motifs is 1. The van der Waals surface area contributed by atoms with Crippen molar-refractivity contribution in [2.45, 2.75) is 25.6 Å². The Balaban J connectivity index is 1.17. The molecule has 2 aliphatic rings. The van der Waals surface area contributed by atoms with Gasteiger partial charge in [0.2, 0.25) is 0 Å². The summed E-state index contributed by atoms with van der Waals surface area (Å²) in [4.78, 5) is 16.7. The average molecular weight is 354 g/mol. The Morgan fingerprint density at radius 1 is 1.27 bits per heavy atom. The number of morpholine rings is 1. The molecule has 0 spiro atoms. The highest BCUT2D eigenvalue weighted by atomic mass is 16.5. The van der Waals surface area contributed by atoms with E-state index < -0.39 is 0 Å². The van der Waals surface area contributed by atoms with Gasteiger partial charge in [-0.3, -0.25) is 9.80 Å². The number of hydrogen-bond donors (Lipinski definition) is 1. The Morgan fingerprint density at radius 2 is 2.19 bits per heavy atom. The number of aromatic amines is 1. The molecule has 0 bridgehead atoms. The van der Waals surface area contributed by atoms with Crippen molar-refractivity contribution < 1.29 is 9.26 Å². The van der Waals surface area contributed by atoms with Crippen LogP contribution in [0.4, 0.5) is 0 Å². The molecule has 0 amide bonds. The smallest absolute Gasteiger partial charge is 0.257 e. The number of likely N-dealkylation sites (tertiary alicyclic amines) is 1. The molecule has 0 radical (unpaired) electrons. The highest BCUT2D eigenvalue weighted by Crippen LogP contribution is 2.26. The van der Waals surface area contributed by atoms with E-state index in [0.29, 0.717) is 24.4 Å². The van der Waals surface area contributed by atoms with E-state index in [1.165, 1.54) is 5.56 Å². The molecule has 8 nitrogen and oxygen atoms in total. The van der Waals surface area contributed by atoms with Gasteiger partial charge in [-0.2, -0.15) is 4.98 Å². The number of aryl methyl sites for hydroxylation is 1. The first-order chi connectivity index (χ1) is 12.7. The predicted octanol–water partition coefficient (Wildman–Crippen LogP) is 1.51. The fourth-order valence-corrected chi connectivity index (χ4v) is 3.84. The fraction of sp³-hybridized carbons (Fsp3) is 0.500. The van der Waals surface area contributed by atoms with E-state index in [4.69, 9.17) is 9.26 Å². The van der Waals surface area contributed by atoms with Gasteiger partial charge in [-0.1, -0.05) is 11.2 Å². The van der Waals surface area contributed by atoms with Crippen molar-refractivity contribution >= 4 is 11.0 Å². The molecule has 2 saturated heterocycles. The van der Waals surface area contributed by atoms with Gasteiger partial charge in [0.1, 0.15) is 6.10 Å². The Hall–Kier alpha value is -2.29. The summed E-state index contributed by atoms with van der Waals surface area (Å²) < 4.78 is 11.1. The molecule has 1 N–H and O–H groups in total. The van der Waals surface area contributed by atoms with Gasteiger partial charge < -0.3 is 14.2 Å². The molecule has 8 heteroatoms.